The molecule has 1 aliphatic heterocycles. The zero-order valence-corrected chi connectivity index (χ0v) is 17.1. The van der Waals surface area contributed by atoms with Crippen molar-refractivity contribution in [3.63, 3.8) is 0 Å². The third-order valence-corrected chi connectivity index (χ3v) is 5.66. The van der Waals surface area contributed by atoms with Crippen LogP contribution in [-0.2, 0) is 9.53 Å². The molecule has 2 fully saturated rings. The van der Waals surface area contributed by atoms with Crippen LogP contribution in [0.5, 0.6) is 0 Å². The van der Waals surface area contributed by atoms with Crippen molar-refractivity contribution in [3.8, 4) is 0 Å². The van der Waals surface area contributed by atoms with Gasteiger partial charge in [-0.3, -0.25) is 4.79 Å². The third kappa shape index (κ3) is 4.33. The van der Waals surface area contributed by atoms with E-state index in [2.05, 4.69) is 57.1 Å². The van der Waals surface area contributed by atoms with Gasteiger partial charge in [-0.1, -0.05) is 28.1 Å². The maximum absolute atomic E-state index is 12.5. The minimum absolute atomic E-state index is 0.0416. The van der Waals surface area contributed by atoms with Crippen molar-refractivity contribution in [1.29, 1.82) is 0 Å². The smallest absolute Gasteiger partial charge is 0.228 e. The van der Waals surface area contributed by atoms with Gasteiger partial charge in [0, 0.05) is 23.5 Å². The number of halogens is 1. The molecular formula is C21H24BrN3O2. The fourth-order valence-corrected chi connectivity index (χ4v) is 4.25. The summed E-state index contributed by atoms with van der Waals surface area (Å²) in [6.07, 6.45) is 3.03. The van der Waals surface area contributed by atoms with E-state index in [0.29, 0.717) is 5.92 Å². The average Bonchev–Trinajstić information content (AvgIpc) is 3.42. The molecule has 1 aromatic heterocycles. The summed E-state index contributed by atoms with van der Waals surface area (Å²) < 4.78 is 6.83. The van der Waals surface area contributed by atoms with Gasteiger partial charge >= 0.3 is 0 Å². The van der Waals surface area contributed by atoms with E-state index in [0.717, 1.165) is 35.5 Å². The molecule has 0 radical (unpaired) electrons. The van der Waals surface area contributed by atoms with Gasteiger partial charge in [-0.05, 0) is 56.0 Å². The van der Waals surface area contributed by atoms with Crippen molar-refractivity contribution >= 4 is 33.3 Å². The number of hydrogen-bond acceptors (Lipinski definition) is 4. The molecule has 4 rings (SSSR count). The molecule has 2 aliphatic rings. The van der Waals surface area contributed by atoms with Crippen LogP contribution in [0.15, 0.2) is 47.1 Å². The summed E-state index contributed by atoms with van der Waals surface area (Å²) >= 11 is 3.50. The molecule has 4 atom stereocenters. The predicted molar refractivity (Wildman–Crippen MR) is 110 cm³/mol. The fourth-order valence-electron chi connectivity index (χ4n) is 3.84. The first-order valence-corrected chi connectivity index (χ1v) is 10.2. The summed E-state index contributed by atoms with van der Waals surface area (Å²) in [5, 5.41) is 3.01. The molecule has 0 spiro atoms. The second-order valence-corrected chi connectivity index (χ2v) is 8.48. The van der Waals surface area contributed by atoms with Gasteiger partial charge in [-0.15, -0.1) is 0 Å². The number of nitrogens with one attached hydrogen (secondary N) is 1. The quantitative estimate of drug-likeness (QED) is 0.790. The second kappa shape index (κ2) is 7.60. The van der Waals surface area contributed by atoms with Crippen molar-refractivity contribution in [2.45, 2.75) is 38.4 Å². The van der Waals surface area contributed by atoms with Gasteiger partial charge < -0.3 is 15.0 Å². The minimum Gasteiger partial charge on any atom is -0.372 e. The molecule has 1 aliphatic carbocycles. The first kappa shape index (κ1) is 18.4. The van der Waals surface area contributed by atoms with Crippen molar-refractivity contribution in [3.05, 3.63) is 52.6 Å². The van der Waals surface area contributed by atoms with Crippen LogP contribution in [0.2, 0.25) is 0 Å². The summed E-state index contributed by atoms with van der Waals surface area (Å²) in [7, 11) is 0. The Bertz CT molecular complexity index is 816. The molecule has 1 aromatic carbocycles. The maximum atomic E-state index is 12.5. The van der Waals surface area contributed by atoms with Crippen LogP contribution < -0.4 is 10.2 Å². The molecule has 1 N–H and O–H groups in total. The van der Waals surface area contributed by atoms with Gasteiger partial charge in [-0.2, -0.15) is 0 Å². The molecule has 0 bridgehead atoms. The number of carbonyl (C=O) groups is 1. The summed E-state index contributed by atoms with van der Waals surface area (Å²) in [6, 6.07) is 12.1. The van der Waals surface area contributed by atoms with Crippen molar-refractivity contribution < 1.29 is 9.53 Å². The number of benzene rings is 1. The lowest BCUT2D eigenvalue weighted by Crippen LogP contribution is -2.45. The van der Waals surface area contributed by atoms with Crippen LogP contribution in [0.4, 0.5) is 11.5 Å². The number of aromatic nitrogens is 1. The number of nitrogens with zero attached hydrogens (tertiary/aromatic N) is 2. The van der Waals surface area contributed by atoms with Gasteiger partial charge in [-0.25, -0.2) is 4.98 Å². The summed E-state index contributed by atoms with van der Waals surface area (Å²) in [5.41, 5.74) is 1.96. The molecule has 1 saturated carbocycles. The van der Waals surface area contributed by atoms with Crippen LogP contribution in [0.25, 0.3) is 0 Å². The molecule has 6 heteroatoms. The topological polar surface area (TPSA) is 54.5 Å². The number of ether oxygens (including phenoxy) is 1. The Morgan fingerprint density at radius 3 is 2.67 bits per heavy atom. The molecule has 1 saturated heterocycles. The number of carbonyl (C=O) groups excluding carboxylic acids is 1. The number of pyridine rings is 1. The Balaban J connectivity index is 1.36. The van der Waals surface area contributed by atoms with E-state index in [9.17, 15) is 4.79 Å². The largest absolute Gasteiger partial charge is 0.372 e. The Labute approximate surface area is 168 Å². The number of hydrogen-bond donors (Lipinski definition) is 1. The van der Waals surface area contributed by atoms with Crippen LogP contribution in [0.1, 0.15) is 31.7 Å². The van der Waals surface area contributed by atoms with Gasteiger partial charge in [0.2, 0.25) is 5.91 Å². The second-order valence-electron chi connectivity index (χ2n) is 7.56. The maximum Gasteiger partial charge on any atom is 0.228 e. The summed E-state index contributed by atoms with van der Waals surface area (Å²) in [6.45, 7) is 5.82. The van der Waals surface area contributed by atoms with Gasteiger partial charge in [0.25, 0.3) is 0 Å². The first-order chi connectivity index (χ1) is 13.0. The van der Waals surface area contributed by atoms with E-state index in [1.807, 2.05) is 24.3 Å². The van der Waals surface area contributed by atoms with E-state index in [1.54, 1.807) is 6.20 Å². The third-order valence-electron chi connectivity index (χ3n) is 5.16. The molecular weight excluding hydrogens is 406 g/mol. The van der Waals surface area contributed by atoms with Crippen molar-refractivity contribution in [1.82, 2.24) is 4.98 Å². The van der Waals surface area contributed by atoms with Gasteiger partial charge in [0.1, 0.15) is 5.82 Å². The van der Waals surface area contributed by atoms with E-state index in [-0.39, 0.29) is 24.0 Å². The standard InChI is InChI=1S/C21H24BrN3O2/c1-13-11-25(12-14(2)27-13)20-7-6-17(10-23-20)24-21(26)19-9-18(19)15-4-3-5-16(22)8-15/h3-8,10,13-14,18-19H,9,11-12H2,1-2H3,(H,24,26). The number of amides is 1. The number of morpholine rings is 1. The lowest BCUT2D eigenvalue weighted by molar-refractivity contribution is -0.117. The van der Waals surface area contributed by atoms with E-state index in [4.69, 9.17) is 4.74 Å². The van der Waals surface area contributed by atoms with Crippen LogP contribution in [0.3, 0.4) is 0 Å². The Hall–Kier alpha value is -1.92. The zero-order valence-electron chi connectivity index (χ0n) is 15.6. The molecule has 1 amide bonds. The molecule has 27 heavy (non-hydrogen) atoms. The molecule has 2 heterocycles. The van der Waals surface area contributed by atoms with E-state index >= 15 is 0 Å². The fraction of sp³-hybridized carbons (Fsp3) is 0.429. The Kier molecular flexibility index (Phi) is 5.19. The average molecular weight is 430 g/mol. The van der Waals surface area contributed by atoms with Gasteiger partial charge in [0.05, 0.1) is 24.1 Å². The lowest BCUT2D eigenvalue weighted by Gasteiger charge is -2.36. The monoisotopic (exact) mass is 429 g/mol. The minimum atomic E-state index is 0.0416. The van der Waals surface area contributed by atoms with Crippen molar-refractivity contribution in [2.24, 2.45) is 5.92 Å². The molecule has 4 unspecified atom stereocenters. The van der Waals surface area contributed by atoms with Crippen LogP contribution in [-0.4, -0.2) is 36.2 Å². The van der Waals surface area contributed by atoms with Crippen LogP contribution >= 0.6 is 15.9 Å². The highest BCUT2D eigenvalue weighted by Gasteiger charge is 2.44. The Morgan fingerprint density at radius 2 is 2.00 bits per heavy atom. The zero-order chi connectivity index (χ0) is 19.0. The number of anilines is 2. The van der Waals surface area contributed by atoms with Gasteiger partial charge in [0.15, 0.2) is 0 Å². The summed E-state index contributed by atoms with van der Waals surface area (Å²) in [5.74, 6) is 1.35. The SMILES string of the molecule is CC1CN(c2ccc(NC(=O)C3CC3c3cccc(Br)c3)cn2)CC(C)O1. The highest BCUT2D eigenvalue weighted by molar-refractivity contribution is 9.10. The first-order valence-electron chi connectivity index (χ1n) is 9.42. The summed E-state index contributed by atoms with van der Waals surface area (Å²) in [4.78, 5) is 19.3. The Morgan fingerprint density at radius 1 is 1.22 bits per heavy atom. The van der Waals surface area contributed by atoms with Crippen LogP contribution in [0, 0.1) is 5.92 Å². The molecule has 2 aromatic rings. The lowest BCUT2D eigenvalue weighted by atomic mass is 10.1. The van der Waals surface area contributed by atoms with Crippen molar-refractivity contribution in [2.75, 3.05) is 23.3 Å². The normalized spacial score (nSPS) is 27.3. The predicted octanol–water partition coefficient (Wildman–Crippen LogP) is 4.20. The molecule has 142 valence electrons. The van der Waals surface area contributed by atoms with E-state index in [1.165, 1.54) is 5.56 Å². The van der Waals surface area contributed by atoms with E-state index < -0.39 is 0 Å². The highest BCUT2D eigenvalue weighted by atomic mass is 79.9. The number of rotatable bonds is 4. The molecule has 5 nitrogen and oxygen atoms in total. The highest BCUT2D eigenvalue weighted by Crippen LogP contribution is 2.48.